The number of hydrogen-bond donors (Lipinski definition) is 1. The van der Waals surface area contributed by atoms with Crippen LogP contribution in [0.25, 0.3) is 0 Å². The van der Waals surface area contributed by atoms with E-state index in [0.717, 1.165) is 0 Å². The summed E-state index contributed by atoms with van der Waals surface area (Å²) in [6.07, 6.45) is 0. The molecule has 1 nitrogen and oxygen atoms in total. The Bertz CT molecular complexity index is 28.1. The van der Waals surface area contributed by atoms with E-state index in [0.29, 0.717) is 0 Å². The highest BCUT2D eigenvalue weighted by Gasteiger charge is 1.57. The summed E-state index contributed by atoms with van der Waals surface area (Å²) >= 11 is 1.48. The van der Waals surface area contributed by atoms with Crippen LogP contribution < -0.4 is 4.72 Å². The van der Waals surface area contributed by atoms with E-state index in [2.05, 4.69) is 11.3 Å². The molecule has 0 aliphatic rings. The summed E-state index contributed by atoms with van der Waals surface area (Å²) in [4.78, 5) is 0. The third kappa shape index (κ3) is 4.05. The van der Waals surface area contributed by atoms with Gasteiger partial charge < -0.3 is 0 Å². The summed E-state index contributed by atoms with van der Waals surface area (Å²) in [6, 6.07) is 0. The lowest BCUT2D eigenvalue weighted by Gasteiger charge is -1.78. The quantitative estimate of drug-likeness (QED) is 0.506. The predicted molar refractivity (Wildman–Crippen MR) is 26.8 cm³/mol. The Labute approximate surface area is 36.6 Å². The van der Waals surface area contributed by atoms with Crippen molar-refractivity contribution in [2.24, 2.45) is 0 Å². The van der Waals surface area contributed by atoms with E-state index >= 15 is 0 Å². The predicted octanol–water partition coefficient (Wildman–Crippen LogP) is 0.997. The van der Waals surface area contributed by atoms with Crippen molar-refractivity contribution in [3.8, 4) is 0 Å². The van der Waals surface area contributed by atoms with Crippen LogP contribution in [0.5, 0.6) is 0 Å². The number of nitrogens with one attached hydrogen (secondary N) is 1. The Morgan fingerprint density at radius 1 is 2.00 bits per heavy atom. The second-order valence-corrected chi connectivity index (χ2v) is 1.47. The third-order valence-corrected chi connectivity index (χ3v) is 0.604. The highest BCUT2D eigenvalue weighted by molar-refractivity contribution is 8.00. The molecule has 0 aliphatic carbocycles. The maximum Gasteiger partial charge on any atom is -0.00533 e. The highest BCUT2D eigenvalue weighted by atomic mass is 32.2. The molecule has 0 unspecified atom stereocenters. The Kier molecular flexibility index (Phi) is 4.09. The van der Waals surface area contributed by atoms with Crippen LogP contribution >= 0.6 is 11.9 Å². The van der Waals surface area contributed by atoms with Crippen LogP contribution in [0.4, 0.5) is 0 Å². The Morgan fingerprint density at radius 2 is 2.60 bits per heavy atom. The molecule has 5 heavy (non-hydrogen) atoms. The van der Waals surface area contributed by atoms with Crippen LogP contribution in [0.3, 0.4) is 0 Å². The van der Waals surface area contributed by atoms with E-state index in [4.69, 9.17) is 0 Å². The van der Waals surface area contributed by atoms with Crippen LogP contribution in [0.15, 0.2) is 12.0 Å². The zero-order chi connectivity index (χ0) is 4.12. The number of rotatable bonds is 2. The molecule has 0 aromatic rings. The summed E-state index contributed by atoms with van der Waals surface area (Å²) < 4.78 is 2.82. The molecule has 0 aromatic carbocycles. The molecule has 0 spiro atoms. The Hall–Kier alpha value is 0.0500. The second-order valence-electron chi connectivity index (χ2n) is 0.489. The smallest absolute Gasteiger partial charge is 0.00533 e. The lowest BCUT2D eigenvalue weighted by Crippen LogP contribution is -1.84. The van der Waals surface area contributed by atoms with Gasteiger partial charge in [-0.3, -0.25) is 4.72 Å². The average Bonchev–Trinajstić information content (AvgIpc) is 1.41. The minimum absolute atomic E-state index is 1.48. The van der Waals surface area contributed by atoms with Gasteiger partial charge in [0.15, 0.2) is 0 Å². The summed E-state index contributed by atoms with van der Waals surface area (Å²) in [5.41, 5.74) is 0. The first-order valence-electron chi connectivity index (χ1n) is 1.35. The zero-order valence-electron chi connectivity index (χ0n) is 3.19. The topological polar surface area (TPSA) is 12.0 Å². The first-order chi connectivity index (χ1) is 2.41. The molecule has 0 radical (unpaired) electrons. The van der Waals surface area contributed by atoms with Gasteiger partial charge in [0, 0.05) is 0 Å². The van der Waals surface area contributed by atoms with Crippen molar-refractivity contribution in [2.45, 2.75) is 0 Å². The molecular formula is C3H7NS. The molecule has 1 N–H and O–H groups in total. The third-order valence-electron chi connectivity index (χ3n) is 0.201. The summed E-state index contributed by atoms with van der Waals surface area (Å²) in [7, 11) is 1.85. The van der Waals surface area contributed by atoms with E-state index in [1.165, 1.54) is 11.9 Å². The van der Waals surface area contributed by atoms with Crippen LogP contribution in [0.2, 0.25) is 0 Å². The van der Waals surface area contributed by atoms with Crippen molar-refractivity contribution in [1.82, 2.24) is 4.72 Å². The maximum atomic E-state index is 3.45. The monoisotopic (exact) mass is 89.0 g/mol. The first kappa shape index (κ1) is 5.05. The lowest BCUT2D eigenvalue weighted by molar-refractivity contribution is 1.31. The summed E-state index contributed by atoms with van der Waals surface area (Å²) in [5, 5.41) is 1.74. The number of hydrogen-bond acceptors (Lipinski definition) is 2. The van der Waals surface area contributed by atoms with Gasteiger partial charge in [0.25, 0.3) is 0 Å². The summed E-state index contributed by atoms with van der Waals surface area (Å²) in [5.74, 6) is 0. The Morgan fingerprint density at radius 3 is 2.60 bits per heavy atom. The average molecular weight is 89.2 g/mol. The molecule has 0 atom stereocenters. The van der Waals surface area contributed by atoms with Gasteiger partial charge in [-0.25, -0.2) is 0 Å². The van der Waals surface area contributed by atoms with Crippen LogP contribution in [-0.4, -0.2) is 7.05 Å². The van der Waals surface area contributed by atoms with Gasteiger partial charge in [-0.15, -0.1) is 0 Å². The van der Waals surface area contributed by atoms with E-state index in [-0.39, 0.29) is 0 Å². The van der Waals surface area contributed by atoms with Gasteiger partial charge in [0.2, 0.25) is 0 Å². The summed E-state index contributed by atoms with van der Waals surface area (Å²) in [6.45, 7) is 3.45. The molecule has 0 bridgehead atoms. The van der Waals surface area contributed by atoms with Crippen LogP contribution in [0, 0.1) is 0 Å². The van der Waals surface area contributed by atoms with Crippen LogP contribution in [0.1, 0.15) is 0 Å². The van der Waals surface area contributed by atoms with Gasteiger partial charge in [0.1, 0.15) is 0 Å². The Balaban J connectivity index is 2.40. The molecule has 30 valence electrons. The van der Waals surface area contributed by atoms with Crippen molar-refractivity contribution in [2.75, 3.05) is 7.05 Å². The maximum absolute atomic E-state index is 3.45. The van der Waals surface area contributed by atoms with Crippen molar-refractivity contribution in [3.05, 3.63) is 12.0 Å². The fourth-order valence-corrected chi connectivity index (χ4v) is 0.250. The molecule has 0 saturated carbocycles. The molecule has 0 amide bonds. The van der Waals surface area contributed by atoms with Crippen molar-refractivity contribution < 1.29 is 0 Å². The van der Waals surface area contributed by atoms with E-state index in [1.54, 1.807) is 5.41 Å². The highest BCUT2D eigenvalue weighted by Crippen LogP contribution is 1.85. The zero-order valence-corrected chi connectivity index (χ0v) is 4.01. The van der Waals surface area contributed by atoms with Crippen LogP contribution in [-0.2, 0) is 0 Å². The largest absolute Gasteiger partial charge is 0.264 e. The van der Waals surface area contributed by atoms with Crippen molar-refractivity contribution in [3.63, 3.8) is 0 Å². The molecule has 0 saturated heterocycles. The molecule has 0 aromatic heterocycles. The second kappa shape index (κ2) is 4.05. The van der Waals surface area contributed by atoms with Gasteiger partial charge >= 0.3 is 0 Å². The lowest BCUT2D eigenvalue weighted by atomic mass is 11.3. The fraction of sp³-hybridized carbons (Fsp3) is 0.333. The minimum Gasteiger partial charge on any atom is -0.264 e. The SMILES string of the molecule is C=CSNC. The van der Waals surface area contributed by atoms with Gasteiger partial charge in [0.05, 0.1) is 0 Å². The molecule has 0 aliphatic heterocycles. The molecule has 0 rings (SSSR count). The molecule has 2 heteroatoms. The van der Waals surface area contributed by atoms with Crippen molar-refractivity contribution in [1.29, 1.82) is 0 Å². The van der Waals surface area contributed by atoms with Gasteiger partial charge in [-0.2, -0.15) is 0 Å². The first-order valence-corrected chi connectivity index (χ1v) is 2.23. The van der Waals surface area contributed by atoms with Crippen molar-refractivity contribution >= 4 is 11.9 Å². The minimum atomic E-state index is 1.48. The van der Waals surface area contributed by atoms with E-state index in [1.807, 2.05) is 7.05 Å². The molecule has 0 heterocycles. The molecular weight excluding hydrogens is 82.1 g/mol. The van der Waals surface area contributed by atoms with Gasteiger partial charge in [-0.1, -0.05) is 18.5 Å². The normalized spacial score (nSPS) is 7.40. The van der Waals surface area contributed by atoms with Gasteiger partial charge in [-0.05, 0) is 12.5 Å². The van der Waals surface area contributed by atoms with E-state index < -0.39 is 0 Å². The molecule has 0 fully saturated rings. The fourth-order valence-electron chi connectivity index (χ4n) is 0.0833. The standard InChI is InChI=1S/C3H7NS/c1-3-5-4-2/h3-4H,1H2,2H3. The van der Waals surface area contributed by atoms with E-state index in [9.17, 15) is 0 Å².